The van der Waals surface area contributed by atoms with Gasteiger partial charge in [0.25, 0.3) is 0 Å². The van der Waals surface area contributed by atoms with E-state index < -0.39 is 0 Å². The number of hydrogen-bond acceptors (Lipinski definition) is 3. The number of rotatable bonds is 7. The predicted molar refractivity (Wildman–Crippen MR) is 98.4 cm³/mol. The van der Waals surface area contributed by atoms with Crippen molar-refractivity contribution < 1.29 is 9.59 Å². The molecule has 1 N–H and O–H groups in total. The fourth-order valence-electron chi connectivity index (χ4n) is 3.33. The summed E-state index contributed by atoms with van der Waals surface area (Å²) in [5, 5.41) is 2.88. The second-order valence-corrected chi connectivity index (χ2v) is 7.18. The number of Topliss-reactive ketones (excluding diaryl/α,β-unsaturated/α-hetero) is 1. The number of piperidine rings is 1. The van der Waals surface area contributed by atoms with E-state index in [-0.39, 0.29) is 11.7 Å². The van der Waals surface area contributed by atoms with Gasteiger partial charge in [0, 0.05) is 23.7 Å². The highest BCUT2D eigenvalue weighted by Crippen LogP contribution is 2.20. The van der Waals surface area contributed by atoms with Crippen LogP contribution in [0, 0.1) is 5.92 Å². The third-order valence-corrected chi connectivity index (χ3v) is 4.65. The van der Waals surface area contributed by atoms with E-state index in [2.05, 4.69) is 17.1 Å². The molecule has 4 heteroatoms. The highest BCUT2D eigenvalue weighted by molar-refractivity contribution is 5.98. The minimum atomic E-state index is 0.0168. The van der Waals surface area contributed by atoms with Crippen LogP contribution in [0.25, 0.3) is 0 Å². The number of ketones is 1. The summed E-state index contributed by atoms with van der Waals surface area (Å²) >= 11 is 0. The normalized spacial score (nSPS) is 18.6. The second kappa shape index (κ2) is 8.97. The molecule has 1 saturated heterocycles. The van der Waals surface area contributed by atoms with Crippen molar-refractivity contribution in [3.05, 3.63) is 29.8 Å². The summed E-state index contributed by atoms with van der Waals surface area (Å²) in [5.41, 5.74) is 1.47. The summed E-state index contributed by atoms with van der Waals surface area (Å²) in [6.07, 6.45) is 5.27. The molecule has 1 heterocycles. The van der Waals surface area contributed by atoms with E-state index in [4.69, 9.17) is 0 Å². The third kappa shape index (κ3) is 5.45. The van der Waals surface area contributed by atoms with E-state index >= 15 is 0 Å². The van der Waals surface area contributed by atoms with Crippen LogP contribution < -0.4 is 5.32 Å². The summed E-state index contributed by atoms with van der Waals surface area (Å²) in [6.45, 7) is 7.75. The van der Waals surface area contributed by atoms with E-state index in [1.807, 2.05) is 38.1 Å². The summed E-state index contributed by atoms with van der Waals surface area (Å²) in [6, 6.07) is 7.81. The van der Waals surface area contributed by atoms with Gasteiger partial charge in [0.05, 0.1) is 6.54 Å². The number of benzene rings is 1. The van der Waals surface area contributed by atoms with Crippen LogP contribution in [-0.2, 0) is 4.79 Å². The number of amides is 1. The zero-order chi connectivity index (χ0) is 17.5. The minimum Gasteiger partial charge on any atom is -0.326 e. The van der Waals surface area contributed by atoms with Gasteiger partial charge < -0.3 is 5.32 Å². The largest absolute Gasteiger partial charge is 0.326 e. The molecule has 1 aliphatic heterocycles. The first-order valence-electron chi connectivity index (χ1n) is 9.16. The van der Waals surface area contributed by atoms with Crippen LogP contribution in [-0.4, -0.2) is 35.7 Å². The van der Waals surface area contributed by atoms with E-state index in [9.17, 15) is 9.59 Å². The number of carbonyl (C=O) groups is 2. The predicted octanol–water partition coefficient (Wildman–Crippen LogP) is 4.12. The molecule has 2 rings (SSSR count). The molecule has 1 aromatic carbocycles. The summed E-state index contributed by atoms with van der Waals surface area (Å²) < 4.78 is 0. The number of nitrogens with zero attached hydrogens (tertiary/aromatic N) is 1. The quantitative estimate of drug-likeness (QED) is 0.765. The number of likely N-dealkylation sites (tertiary alicyclic amines) is 1. The van der Waals surface area contributed by atoms with Gasteiger partial charge in [0.1, 0.15) is 0 Å². The molecule has 4 nitrogen and oxygen atoms in total. The van der Waals surface area contributed by atoms with Crippen molar-refractivity contribution in [1.29, 1.82) is 0 Å². The van der Waals surface area contributed by atoms with E-state index in [1.165, 1.54) is 19.3 Å². The van der Waals surface area contributed by atoms with Crippen LogP contribution in [0.1, 0.15) is 63.2 Å². The lowest BCUT2D eigenvalue weighted by Gasteiger charge is -2.34. The van der Waals surface area contributed by atoms with Crippen molar-refractivity contribution in [2.45, 2.75) is 58.9 Å². The van der Waals surface area contributed by atoms with Crippen molar-refractivity contribution in [1.82, 2.24) is 4.90 Å². The van der Waals surface area contributed by atoms with Gasteiger partial charge in [-0.1, -0.05) is 27.2 Å². The molecule has 0 aromatic heterocycles. The fourth-order valence-corrected chi connectivity index (χ4v) is 3.33. The van der Waals surface area contributed by atoms with Gasteiger partial charge in [-0.25, -0.2) is 0 Å². The Labute approximate surface area is 145 Å². The monoisotopic (exact) mass is 330 g/mol. The Morgan fingerprint density at radius 1 is 1.21 bits per heavy atom. The van der Waals surface area contributed by atoms with Gasteiger partial charge >= 0.3 is 0 Å². The number of nitrogens with one attached hydrogen (secondary N) is 1. The number of anilines is 1. The maximum atomic E-state index is 12.5. The SMILES string of the molecule is CCC1CCCCN1CC(=O)c1ccc(NC(=O)CC(C)C)cc1. The lowest BCUT2D eigenvalue weighted by atomic mass is 9.99. The Kier molecular flexibility index (Phi) is 6.98. The van der Waals surface area contributed by atoms with Gasteiger partial charge in [-0.15, -0.1) is 0 Å². The lowest BCUT2D eigenvalue weighted by Crippen LogP contribution is -2.42. The molecule has 1 atom stereocenters. The molecule has 1 aromatic rings. The third-order valence-electron chi connectivity index (χ3n) is 4.65. The average molecular weight is 330 g/mol. The van der Waals surface area contributed by atoms with Gasteiger partial charge in [-0.3, -0.25) is 14.5 Å². The molecule has 1 fully saturated rings. The molecule has 24 heavy (non-hydrogen) atoms. The maximum Gasteiger partial charge on any atom is 0.224 e. The summed E-state index contributed by atoms with van der Waals surface area (Å²) in [5.74, 6) is 0.514. The van der Waals surface area contributed by atoms with Crippen LogP contribution in [0.5, 0.6) is 0 Å². The van der Waals surface area contributed by atoms with Crippen molar-refractivity contribution >= 4 is 17.4 Å². The molecule has 1 amide bonds. The van der Waals surface area contributed by atoms with Crippen molar-refractivity contribution in [2.75, 3.05) is 18.4 Å². The molecule has 1 unspecified atom stereocenters. The number of hydrogen-bond donors (Lipinski definition) is 1. The fraction of sp³-hybridized carbons (Fsp3) is 0.600. The van der Waals surface area contributed by atoms with Gasteiger partial charge in [0.2, 0.25) is 5.91 Å². The minimum absolute atomic E-state index is 0.0168. The molecule has 0 bridgehead atoms. The van der Waals surface area contributed by atoms with Crippen molar-refractivity contribution in [2.24, 2.45) is 5.92 Å². The van der Waals surface area contributed by atoms with Crippen LogP contribution in [0.2, 0.25) is 0 Å². The van der Waals surface area contributed by atoms with Gasteiger partial charge in [-0.05, 0) is 56.0 Å². The van der Waals surface area contributed by atoms with Crippen molar-refractivity contribution in [3.8, 4) is 0 Å². The molecule has 0 spiro atoms. The van der Waals surface area contributed by atoms with Gasteiger partial charge in [-0.2, -0.15) is 0 Å². The highest BCUT2D eigenvalue weighted by atomic mass is 16.1. The molecule has 0 aliphatic carbocycles. The molecular weight excluding hydrogens is 300 g/mol. The first-order chi connectivity index (χ1) is 11.5. The zero-order valence-electron chi connectivity index (χ0n) is 15.2. The van der Waals surface area contributed by atoms with Crippen LogP contribution in [0.15, 0.2) is 24.3 Å². The Morgan fingerprint density at radius 3 is 2.54 bits per heavy atom. The Balaban J connectivity index is 1.92. The standard InChI is InChI=1S/C20H30N2O2/c1-4-18-7-5-6-12-22(18)14-19(23)16-8-10-17(11-9-16)21-20(24)13-15(2)3/h8-11,15,18H,4-7,12-14H2,1-3H3,(H,21,24). The number of carbonyl (C=O) groups excluding carboxylic acids is 2. The smallest absolute Gasteiger partial charge is 0.224 e. The van der Waals surface area contributed by atoms with Gasteiger partial charge in [0.15, 0.2) is 5.78 Å². The Morgan fingerprint density at radius 2 is 1.92 bits per heavy atom. The highest BCUT2D eigenvalue weighted by Gasteiger charge is 2.23. The van der Waals surface area contributed by atoms with Crippen molar-refractivity contribution in [3.63, 3.8) is 0 Å². The molecule has 1 aliphatic rings. The molecule has 0 saturated carbocycles. The molecular formula is C20H30N2O2. The lowest BCUT2D eigenvalue weighted by molar-refractivity contribution is -0.116. The zero-order valence-corrected chi connectivity index (χ0v) is 15.2. The maximum absolute atomic E-state index is 12.5. The topological polar surface area (TPSA) is 49.4 Å². The van der Waals surface area contributed by atoms with E-state index in [1.54, 1.807) is 0 Å². The van der Waals surface area contributed by atoms with Crippen LogP contribution in [0.4, 0.5) is 5.69 Å². The van der Waals surface area contributed by atoms with Crippen LogP contribution in [0.3, 0.4) is 0 Å². The molecule has 132 valence electrons. The van der Waals surface area contributed by atoms with E-state index in [0.717, 1.165) is 24.2 Å². The summed E-state index contributed by atoms with van der Waals surface area (Å²) in [4.78, 5) is 26.6. The Bertz CT molecular complexity index is 551. The first kappa shape index (κ1) is 18.7. The van der Waals surface area contributed by atoms with E-state index in [0.29, 0.717) is 24.9 Å². The van der Waals surface area contributed by atoms with Crippen LogP contribution >= 0.6 is 0 Å². The second-order valence-electron chi connectivity index (χ2n) is 7.18. The first-order valence-corrected chi connectivity index (χ1v) is 9.16. The Hall–Kier alpha value is -1.68. The average Bonchev–Trinajstić information content (AvgIpc) is 2.55. The molecule has 0 radical (unpaired) electrons. The summed E-state index contributed by atoms with van der Waals surface area (Å²) in [7, 11) is 0.